The Morgan fingerprint density at radius 3 is 2.53 bits per heavy atom. The zero-order chi connectivity index (χ0) is 14.0. The summed E-state index contributed by atoms with van der Waals surface area (Å²) in [4.78, 5) is 2.35. The van der Waals surface area contributed by atoms with Crippen molar-refractivity contribution in [3.63, 3.8) is 0 Å². The van der Waals surface area contributed by atoms with E-state index >= 15 is 0 Å². The molecule has 0 aliphatic carbocycles. The van der Waals surface area contributed by atoms with Crippen molar-refractivity contribution in [3.05, 3.63) is 35.1 Å². The van der Waals surface area contributed by atoms with Crippen molar-refractivity contribution in [2.24, 2.45) is 5.73 Å². The fourth-order valence-electron chi connectivity index (χ4n) is 2.96. The molecule has 3 unspecified atom stereocenters. The van der Waals surface area contributed by atoms with Crippen molar-refractivity contribution < 1.29 is 9.13 Å². The van der Waals surface area contributed by atoms with E-state index in [1.165, 1.54) is 6.07 Å². The maximum absolute atomic E-state index is 13.2. The van der Waals surface area contributed by atoms with Crippen LogP contribution in [0.4, 0.5) is 4.39 Å². The molecule has 4 heteroatoms. The van der Waals surface area contributed by atoms with E-state index in [1.54, 1.807) is 6.07 Å². The molecule has 3 nitrogen and oxygen atoms in total. The van der Waals surface area contributed by atoms with Crippen LogP contribution in [0.5, 0.6) is 0 Å². The number of nitrogens with zero attached hydrogens (tertiary/aromatic N) is 1. The second-order valence-corrected chi connectivity index (χ2v) is 5.46. The number of hydrogen-bond donors (Lipinski definition) is 1. The zero-order valence-electron chi connectivity index (χ0n) is 11.9. The first-order chi connectivity index (χ1) is 9.01. The molecule has 1 aromatic rings. The SMILES string of the molecule is Cc1cc(F)ccc1C(CN)N1CC(C)OC(C)C1. The molecule has 1 fully saturated rings. The predicted octanol–water partition coefficient (Wildman–Crippen LogP) is 2.24. The third-order valence-electron chi connectivity index (χ3n) is 3.70. The van der Waals surface area contributed by atoms with E-state index in [2.05, 4.69) is 18.7 Å². The molecule has 0 bridgehead atoms. The molecule has 2 N–H and O–H groups in total. The Labute approximate surface area is 114 Å². The van der Waals surface area contributed by atoms with Crippen LogP contribution in [0.1, 0.15) is 31.0 Å². The molecule has 1 heterocycles. The summed E-state index contributed by atoms with van der Waals surface area (Å²) in [6.07, 6.45) is 0.414. The summed E-state index contributed by atoms with van der Waals surface area (Å²) in [5.41, 5.74) is 8.03. The van der Waals surface area contributed by atoms with E-state index in [1.807, 2.05) is 13.0 Å². The van der Waals surface area contributed by atoms with Gasteiger partial charge in [0, 0.05) is 25.7 Å². The number of aryl methyl sites for hydroxylation is 1. The normalized spacial score (nSPS) is 26.4. The van der Waals surface area contributed by atoms with E-state index in [0.717, 1.165) is 24.2 Å². The monoisotopic (exact) mass is 266 g/mol. The fraction of sp³-hybridized carbons (Fsp3) is 0.600. The summed E-state index contributed by atoms with van der Waals surface area (Å²) in [5.74, 6) is -0.194. The smallest absolute Gasteiger partial charge is 0.123 e. The molecule has 1 aliphatic rings. The molecule has 0 aromatic heterocycles. The highest BCUT2D eigenvalue weighted by atomic mass is 19.1. The van der Waals surface area contributed by atoms with Gasteiger partial charge in [0.05, 0.1) is 12.2 Å². The summed E-state index contributed by atoms with van der Waals surface area (Å²) in [5, 5.41) is 0. The van der Waals surface area contributed by atoms with Gasteiger partial charge in [-0.15, -0.1) is 0 Å². The molecule has 0 amide bonds. The van der Waals surface area contributed by atoms with Gasteiger partial charge in [0.2, 0.25) is 0 Å². The summed E-state index contributed by atoms with van der Waals surface area (Å²) in [6.45, 7) is 8.36. The van der Waals surface area contributed by atoms with Crippen molar-refractivity contribution in [1.29, 1.82) is 0 Å². The zero-order valence-corrected chi connectivity index (χ0v) is 11.9. The van der Waals surface area contributed by atoms with E-state index in [-0.39, 0.29) is 24.1 Å². The van der Waals surface area contributed by atoms with E-state index in [4.69, 9.17) is 10.5 Å². The lowest BCUT2D eigenvalue weighted by Crippen LogP contribution is -2.48. The summed E-state index contributed by atoms with van der Waals surface area (Å²) in [7, 11) is 0. The Bertz CT molecular complexity index is 428. The molecular weight excluding hydrogens is 243 g/mol. The second-order valence-electron chi connectivity index (χ2n) is 5.46. The fourth-order valence-corrected chi connectivity index (χ4v) is 2.96. The number of nitrogens with two attached hydrogens (primary N) is 1. The van der Waals surface area contributed by atoms with Crippen molar-refractivity contribution >= 4 is 0 Å². The van der Waals surface area contributed by atoms with Gasteiger partial charge in [0.1, 0.15) is 5.82 Å². The topological polar surface area (TPSA) is 38.5 Å². The number of ether oxygens (including phenoxy) is 1. The molecule has 2 rings (SSSR count). The molecule has 1 aromatic carbocycles. The lowest BCUT2D eigenvalue weighted by molar-refractivity contribution is -0.0800. The first-order valence-electron chi connectivity index (χ1n) is 6.87. The van der Waals surface area contributed by atoms with Gasteiger partial charge >= 0.3 is 0 Å². The molecule has 0 radical (unpaired) electrons. The first kappa shape index (κ1) is 14.4. The van der Waals surface area contributed by atoms with E-state index < -0.39 is 0 Å². The Balaban J connectivity index is 2.23. The third-order valence-corrected chi connectivity index (χ3v) is 3.70. The maximum atomic E-state index is 13.2. The van der Waals surface area contributed by atoms with Crippen LogP contribution < -0.4 is 5.73 Å². The summed E-state index contributed by atoms with van der Waals surface area (Å²) >= 11 is 0. The Morgan fingerprint density at radius 2 is 2.00 bits per heavy atom. The largest absolute Gasteiger partial charge is 0.373 e. The molecular formula is C15H23FN2O. The minimum atomic E-state index is -0.194. The highest BCUT2D eigenvalue weighted by Crippen LogP contribution is 2.26. The number of hydrogen-bond acceptors (Lipinski definition) is 3. The van der Waals surface area contributed by atoms with Crippen LogP contribution in [0.15, 0.2) is 18.2 Å². The van der Waals surface area contributed by atoms with Gasteiger partial charge in [-0.3, -0.25) is 4.90 Å². The average molecular weight is 266 g/mol. The standard InChI is InChI=1S/C15H23FN2O/c1-10-6-13(16)4-5-14(10)15(7-17)18-8-11(2)19-12(3)9-18/h4-6,11-12,15H,7-9,17H2,1-3H3. The quantitative estimate of drug-likeness (QED) is 0.912. The molecule has 0 saturated carbocycles. The summed E-state index contributed by atoms with van der Waals surface area (Å²) in [6, 6.07) is 5.07. The summed E-state index contributed by atoms with van der Waals surface area (Å²) < 4.78 is 19.0. The number of halogens is 1. The van der Waals surface area contributed by atoms with Gasteiger partial charge in [-0.25, -0.2) is 4.39 Å². The van der Waals surface area contributed by atoms with E-state index in [9.17, 15) is 4.39 Å². The number of benzene rings is 1. The Kier molecular flexibility index (Phi) is 4.55. The van der Waals surface area contributed by atoms with Crippen molar-refractivity contribution in [1.82, 2.24) is 4.90 Å². The first-order valence-corrected chi connectivity index (χ1v) is 6.87. The van der Waals surface area contributed by atoms with Gasteiger partial charge in [0.15, 0.2) is 0 Å². The van der Waals surface area contributed by atoms with Crippen molar-refractivity contribution in [3.8, 4) is 0 Å². The van der Waals surface area contributed by atoms with Gasteiger partial charge in [-0.05, 0) is 44.0 Å². The minimum Gasteiger partial charge on any atom is -0.373 e. The Morgan fingerprint density at radius 1 is 1.37 bits per heavy atom. The van der Waals surface area contributed by atoms with Crippen molar-refractivity contribution in [2.75, 3.05) is 19.6 Å². The van der Waals surface area contributed by atoms with Crippen molar-refractivity contribution in [2.45, 2.75) is 39.0 Å². The van der Waals surface area contributed by atoms with Crippen LogP contribution in [-0.2, 0) is 4.74 Å². The van der Waals surface area contributed by atoms with Gasteiger partial charge in [-0.1, -0.05) is 6.07 Å². The van der Waals surface area contributed by atoms with Crippen LogP contribution in [0.25, 0.3) is 0 Å². The van der Waals surface area contributed by atoms with Crippen LogP contribution in [0.3, 0.4) is 0 Å². The van der Waals surface area contributed by atoms with Crippen LogP contribution in [-0.4, -0.2) is 36.7 Å². The highest BCUT2D eigenvalue weighted by Gasteiger charge is 2.28. The van der Waals surface area contributed by atoms with Gasteiger partial charge in [0.25, 0.3) is 0 Å². The van der Waals surface area contributed by atoms with E-state index in [0.29, 0.717) is 6.54 Å². The lowest BCUT2D eigenvalue weighted by atomic mass is 9.98. The molecule has 3 atom stereocenters. The second kappa shape index (κ2) is 5.99. The van der Waals surface area contributed by atoms with Gasteiger partial charge < -0.3 is 10.5 Å². The Hall–Kier alpha value is -0.970. The lowest BCUT2D eigenvalue weighted by Gasteiger charge is -2.40. The predicted molar refractivity (Wildman–Crippen MR) is 74.5 cm³/mol. The number of morpholine rings is 1. The average Bonchev–Trinajstić information content (AvgIpc) is 2.31. The minimum absolute atomic E-state index is 0.134. The third kappa shape index (κ3) is 3.32. The van der Waals surface area contributed by atoms with Crippen LogP contribution in [0, 0.1) is 12.7 Å². The molecule has 106 valence electrons. The molecule has 1 saturated heterocycles. The maximum Gasteiger partial charge on any atom is 0.123 e. The van der Waals surface area contributed by atoms with Gasteiger partial charge in [-0.2, -0.15) is 0 Å². The van der Waals surface area contributed by atoms with Crippen LogP contribution in [0.2, 0.25) is 0 Å². The van der Waals surface area contributed by atoms with Crippen LogP contribution >= 0.6 is 0 Å². The molecule has 0 spiro atoms. The molecule has 1 aliphatic heterocycles. The highest BCUT2D eigenvalue weighted by molar-refractivity contribution is 5.30. The number of rotatable bonds is 3. The molecule has 19 heavy (non-hydrogen) atoms.